The van der Waals surface area contributed by atoms with Crippen molar-refractivity contribution in [3.8, 4) is 0 Å². The van der Waals surface area contributed by atoms with Gasteiger partial charge in [0.15, 0.2) is 0 Å². The number of hydrogen-bond donors (Lipinski definition) is 0. The first-order valence-electron chi connectivity index (χ1n) is 8.96. The van der Waals surface area contributed by atoms with Crippen molar-refractivity contribution in [2.24, 2.45) is 0 Å². The molecule has 0 atom stereocenters. The lowest BCUT2D eigenvalue weighted by Crippen LogP contribution is -2.49. The highest BCUT2D eigenvalue weighted by atomic mass is 32.2. The lowest BCUT2D eigenvalue weighted by Gasteiger charge is -2.37. The summed E-state index contributed by atoms with van der Waals surface area (Å²) in [5.74, 6) is 0. The van der Waals surface area contributed by atoms with E-state index in [9.17, 15) is 8.42 Å². The van der Waals surface area contributed by atoms with Crippen LogP contribution in [0.2, 0.25) is 0 Å². The van der Waals surface area contributed by atoms with Crippen molar-refractivity contribution in [1.82, 2.24) is 14.1 Å². The standard InChI is InChI=1S/C18H31N3O2S/c1-4-20(5-2)15-16-21(17-11-13-19(3)14-12-17)24(22,23)18-9-7-6-8-10-18/h6-10,17H,4-5,11-16H2,1-3H3. The van der Waals surface area contributed by atoms with Crippen molar-refractivity contribution in [2.45, 2.75) is 37.6 Å². The number of likely N-dealkylation sites (tertiary alicyclic amines) is 1. The fraction of sp³-hybridized carbons (Fsp3) is 0.667. The third-order valence-electron chi connectivity index (χ3n) is 4.98. The summed E-state index contributed by atoms with van der Waals surface area (Å²) in [6.07, 6.45) is 1.81. The van der Waals surface area contributed by atoms with Crippen LogP contribution in [0, 0.1) is 0 Å². The topological polar surface area (TPSA) is 43.9 Å². The Hall–Kier alpha value is -0.950. The van der Waals surface area contributed by atoms with Crippen molar-refractivity contribution in [3.63, 3.8) is 0 Å². The van der Waals surface area contributed by atoms with Gasteiger partial charge < -0.3 is 9.80 Å². The molecule has 2 rings (SSSR count). The van der Waals surface area contributed by atoms with Gasteiger partial charge in [0.25, 0.3) is 0 Å². The Labute approximate surface area is 147 Å². The average molecular weight is 354 g/mol. The van der Waals surface area contributed by atoms with Crippen LogP contribution in [0.15, 0.2) is 35.2 Å². The Balaban J connectivity index is 2.21. The molecule has 0 radical (unpaired) electrons. The van der Waals surface area contributed by atoms with Crippen LogP contribution >= 0.6 is 0 Å². The molecule has 0 aliphatic carbocycles. The van der Waals surface area contributed by atoms with Crippen LogP contribution in [0.4, 0.5) is 0 Å². The molecule has 24 heavy (non-hydrogen) atoms. The lowest BCUT2D eigenvalue weighted by atomic mass is 10.1. The van der Waals surface area contributed by atoms with Gasteiger partial charge in [-0.05, 0) is 58.2 Å². The zero-order chi connectivity index (χ0) is 17.6. The first-order chi connectivity index (χ1) is 11.5. The van der Waals surface area contributed by atoms with Crippen molar-refractivity contribution in [2.75, 3.05) is 46.3 Å². The van der Waals surface area contributed by atoms with Gasteiger partial charge in [0.05, 0.1) is 4.90 Å². The molecule has 0 spiro atoms. The van der Waals surface area contributed by atoms with Crippen LogP contribution in [0.3, 0.4) is 0 Å². The molecule has 1 aliphatic rings. The fourth-order valence-corrected chi connectivity index (χ4v) is 4.99. The van der Waals surface area contributed by atoms with E-state index in [0.29, 0.717) is 11.4 Å². The van der Waals surface area contributed by atoms with Crippen LogP contribution in [0.25, 0.3) is 0 Å². The summed E-state index contributed by atoms with van der Waals surface area (Å²) < 4.78 is 28.1. The van der Waals surface area contributed by atoms with E-state index in [1.54, 1.807) is 28.6 Å². The average Bonchev–Trinajstić information content (AvgIpc) is 2.60. The number of likely N-dealkylation sites (N-methyl/N-ethyl adjacent to an activating group) is 1. The third kappa shape index (κ3) is 4.79. The number of rotatable bonds is 8. The van der Waals surface area contributed by atoms with E-state index < -0.39 is 10.0 Å². The molecule has 0 bridgehead atoms. The van der Waals surface area contributed by atoms with Crippen molar-refractivity contribution < 1.29 is 8.42 Å². The molecule has 136 valence electrons. The van der Waals surface area contributed by atoms with Gasteiger partial charge in [-0.25, -0.2) is 8.42 Å². The zero-order valence-electron chi connectivity index (χ0n) is 15.2. The Bertz CT molecular complexity index is 580. The highest BCUT2D eigenvalue weighted by Crippen LogP contribution is 2.23. The van der Waals surface area contributed by atoms with Crippen molar-refractivity contribution in [1.29, 1.82) is 0 Å². The fourth-order valence-electron chi connectivity index (χ4n) is 3.29. The summed E-state index contributed by atoms with van der Waals surface area (Å²) >= 11 is 0. The lowest BCUT2D eigenvalue weighted by molar-refractivity contribution is 0.169. The van der Waals surface area contributed by atoms with Crippen LogP contribution < -0.4 is 0 Å². The van der Waals surface area contributed by atoms with Crippen LogP contribution in [-0.2, 0) is 10.0 Å². The van der Waals surface area contributed by atoms with E-state index in [4.69, 9.17) is 0 Å². The maximum absolute atomic E-state index is 13.2. The maximum atomic E-state index is 13.2. The van der Waals surface area contributed by atoms with Crippen LogP contribution in [0.1, 0.15) is 26.7 Å². The molecule has 0 unspecified atom stereocenters. The second kappa shape index (κ2) is 8.94. The highest BCUT2D eigenvalue weighted by Gasteiger charge is 2.33. The SMILES string of the molecule is CCN(CC)CCN(C1CCN(C)CC1)S(=O)(=O)c1ccccc1. The highest BCUT2D eigenvalue weighted by molar-refractivity contribution is 7.89. The first-order valence-corrected chi connectivity index (χ1v) is 10.4. The predicted octanol–water partition coefficient (Wildman–Crippen LogP) is 2.11. The van der Waals surface area contributed by atoms with Gasteiger partial charge in [-0.1, -0.05) is 32.0 Å². The van der Waals surface area contributed by atoms with Gasteiger partial charge in [0.1, 0.15) is 0 Å². The molecular formula is C18H31N3O2S. The second-order valence-electron chi connectivity index (χ2n) is 6.49. The molecule has 1 aromatic carbocycles. The number of hydrogen-bond acceptors (Lipinski definition) is 4. The summed E-state index contributed by atoms with van der Waals surface area (Å²) in [5, 5.41) is 0. The summed E-state index contributed by atoms with van der Waals surface area (Å²) in [6, 6.07) is 8.95. The number of sulfonamides is 1. The second-order valence-corrected chi connectivity index (χ2v) is 8.38. The molecule has 0 saturated carbocycles. The van der Waals surface area contributed by atoms with E-state index in [1.807, 2.05) is 6.07 Å². The normalized spacial score (nSPS) is 17.7. The monoisotopic (exact) mass is 353 g/mol. The van der Waals surface area contributed by atoms with E-state index in [0.717, 1.165) is 45.6 Å². The smallest absolute Gasteiger partial charge is 0.243 e. The number of benzene rings is 1. The molecule has 1 fully saturated rings. The van der Waals surface area contributed by atoms with Crippen LogP contribution in [0.5, 0.6) is 0 Å². The van der Waals surface area contributed by atoms with E-state index in [-0.39, 0.29) is 6.04 Å². The maximum Gasteiger partial charge on any atom is 0.243 e. The summed E-state index contributed by atoms with van der Waals surface area (Å²) in [4.78, 5) is 4.96. The zero-order valence-corrected chi connectivity index (χ0v) is 16.0. The molecule has 0 amide bonds. The van der Waals surface area contributed by atoms with E-state index in [1.165, 1.54) is 0 Å². The minimum Gasteiger partial charge on any atom is -0.306 e. The molecule has 0 aromatic heterocycles. The molecule has 1 heterocycles. The third-order valence-corrected chi connectivity index (χ3v) is 6.94. The first kappa shape index (κ1) is 19.4. The molecule has 0 N–H and O–H groups in total. The minimum absolute atomic E-state index is 0.0990. The van der Waals surface area contributed by atoms with Gasteiger partial charge in [-0.2, -0.15) is 4.31 Å². The number of piperidine rings is 1. The van der Waals surface area contributed by atoms with Gasteiger partial charge in [0.2, 0.25) is 10.0 Å². The Morgan fingerprint density at radius 1 is 1.04 bits per heavy atom. The minimum atomic E-state index is -3.44. The van der Waals surface area contributed by atoms with Crippen molar-refractivity contribution >= 4 is 10.0 Å². The van der Waals surface area contributed by atoms with Gasteiger partial charge in [0, 0.05) is 19.1 Å². The Morgan fingerprint density at radius 2 is 1.62 bits per heavy atom. The van der Waals surface area contributed by atoms with Crippen LogP contribution in [-0.4, -0.2) is 74.9 Å². The molecule has 1 saturated heterocycles. The predicted molar refractivity (Wildman–Crippen MR) is 98.6 cm³/mol. The number of nitrogens with zero attached hydrogens (tertiary/aromatic N) is 3. The quantitative estimate of drug-likeness (QED) is 0.718. The molecular weight excluding hydrogens is 322 g/mol. The van der Waals surface area contributed by atoms with E-state index >= 15 is 0 Å². The Kier molecular flexibility index (Phi) is 7.22. The van der Waals surface area contributed by atoms with E-state index in [2.05, 4.69) is 30.7 Å². The summed E-state index contributed by atoms with van der Waals surface area (Å²) in [5.41, 5.74) is 0. The summed E-state index contributed by atoms with van der Waals surface area (Å²) in [7, 11) is -1.34. The molecule has 5 nitrogen and oxygen atoms in total. The largest absolute Gasteiger partial charge is 0.306 e. The molecule has 1 aromatic rings. The summed E-state index contributed by atoms with van der Waals surface area (Å²) in [6.45, 7) is 9.39. The van der Waals surface area contributed by atoms with Gasteiger partial charge in [-0.15, -0.1) is 0 Å². The molecule has 6 heteroatoms. The van der Waals surface area contributed by atoms with Crippen molar-refractivity contribution in [3.05, 3.63) is 30.3 Å². The van der Waals surface area contributed by atoms with Gasteiger partial charge in [-0.3, -0.25) is 0 Å². The van der Waals surface area contributed by atoms with Gasteiger partial charge >= 0.3 is 0 Å². The molecule has 1 aliphatic heterocycles. The Morgan fingerprint density at radius 3 is 2.17 bits per heavy atom.